The third kappa shape index (κ3) is 5.14. The second kappa shape index (κ2) is 11.3. The number of ether oxygens (including phenoxy) is 1. The van der Waals surface area contributed by atoms with Gasteiger partial charge >= 0.3 is 11.9 Å². The third-order valence-electron chi connectivity index (χ3n) is 15.1. The molecule has 3 unspecified atom stereocenters. The molecule has 5 aliphatic rings. The monoisotopic (exact) mass is 615 g/mol. The first-order chi connectivity index (χ1) is 20.4. The van der Waals surface area contributed by atoms with Gasteiger partial charge in [-0.15, -0.1) is 0 Å². The van der Waals surface area contributed by atoms with Gasteiger partial charge in [0.05, 0.1) is 18.4 Å². The number of aliphatic hydroxyl groups excluding tert-OH is 1. The molecule has 0 saturated heterocycles. The zero-order valence-corrected chi connectivity index (χ0v) is 28.9. The first-order valence-electron chi connectivity index (χ1n) is 17.7. The molecule has 0 aromatic rings. The maximum atomic E-state index is 13.1. The van der Waals surface area contributed by atoms with Gasteiger partial charge in [-0.1, -0.05) is 41.0 Å². The Hall–Kier alpha value is -1.63. The minimum absolute atomic E-state index is 0.0226. The van der Waals surface area contributed by atoms with Crippen LogP contribution in [-0.2, 0) is 19.1 Å². The van der Waals surface area contributed by atoms with Crippen LogP contribution in [0, 0.1) is 56.2 Å². The third-order valence-corrected chi connectivity index (χ3v) is 15.1. The number of carboxylic acids is 1. The van der Waals surface area contributed by atoms with E-state index < -0.39 is 17.4 Å². The number of aliphatic carboxylic acids is 1. The zero-order chi connectivity index (χ0) is 32.5. The highest BCUT2D eigenvalue weighted by Crippen LogP contribution is 2.77. The smallest absolute Gasteiger partial charge is 0.309 e. The normalized spacial score (nSPS) is 43.4. The number of hydrogen-bond acceptors (Lipinski definition) is 5. The molecule has 5 aliphatic carbocycles. The highest BCUT2D eigenvalue weighted by atomic mass is 16.5. The van der Waals surface area contributed by atoms with Crippen LogP contribution in [0.1, 0.15) is 139 Å². The predicted molar refractivity (Wildman–Crippen MR) is 171 cm³/mol. The van der Waals surface area contributed by atoms with Crippen molar-refractivity contribution in [2.45, 2.75) is 151 Å². The van der Waals surface area contributed by atoms with Gasteiger partial charge in [0.15, 0.2) is 0 Å². The van der Waals surface area contributed by atoms with Crippen molar-refractivity contribution in [3.05, 3.63) is 0 Å². The lowest BCUT2D eigenvalue weighted by molar-refractivity contribution is -0.248. The van der Waals surface area contributed by atoms with E-state index in [2.05, 4.69) is 39.9 Å². The molecule has 0 aliphatic heterocycles. The van der Waals surface area contributed by atoms with Gasteiger partial charge in [-0.25, -0.2) is 0 Å². The van der Waals surface area contributed by atoms with Crippen LogP contribution in [0.4, 0.5) is 0 Å². The lowest BCUT2D eigenvalue weighted by atomic mass is 9.32. The summed E-state index contributed by atoms with van der Waals surface area (Å²) in [7, 11) is 0. The summed E-state index contributed by atoms with van der Waals surface area (Å²) in [5.41, 5.74) is -0.571. The van der Waals surface area contributed by atoms with Crippen molar-refractivity contribution in [3.8, 4) is 0 Å². The molecule has 44 heavy (non-hydrogen) atoms. The first-order valence-corrected chi connectivity index (χ1v) is 17.7. The van der Waals surface area contributed by atoms with Crippen LogP contribution in [0.3, 0.4) is 0 Å². The second-order valence-electron chi connectivity index (χ2n) is 18.1. The van der Waals surface area contributed by atoms with Gasteiger partial charge in [0.25, 0.3) is 0 Å². The van der Waals surface area contributed by atoms with Gasteiger partial charge < -0.3 is 20.3 Å². The van der Waals surface area contributed by atoms with Crippen molar-refractivity contribution in [3.63, 3.8) is 0 Å². The Morgan fingerprint density at radius 3 is 2.23 bits per heavy atom. The molecule has 0 aromatic carbocycles. The summed E-state index contributed by atoms with van der Waals surface area (Å²) in [6.07, 6.45) is 12.9. The molecule has 0 spiro atoms. The number of carbonyl (C=O) groups excluding carboxylic acids is 2. The molecule has 5 rings (SSSR count). The van der Waals surface area contributed by atoms with Crippen LogP contribution in [0.2, 0.25) is 0 Å². The van der Waals surface area contributed by atoms with E-state index in [1.165, 1.54) is 38.5 Å². The molecule has 5 fully saturated rings. The van der Waals surface area contributed by atoms with Crippen molar-refractivity contribution in [1.29, 1.82) is 0 Å². The Balaban J connectivity index is 1.35. The van der Waals surface area contributed by atoms with Crippen molar-refractivity contribution in [2.75, 3.05) is 6.61 Å². The molecule has 1 amide bonds. The number of nitrogens with one attached hydrogen (secondary N) is 1. The van der Waals surface area contributed by atoms with E-state index in [4.69, 9.17) is 4.74 Å². The van der Waals surface area contributed by atoms with Crippen LogP contribution >= 0.6 is 0 Å². The van der Waals surface area contributed by atoms with Gasteiger partial charge in [-0.3, -0.25) is 14.4 Å². The van der Waals surface area contributed by atoms with Crippen LogP contribution in [0.25, 0.3) is 0 Å². The fourth-order valence-corrected chi connectivity index (χ4v) is 12.5. The van der Waals surface area contributed by atoms with Crippen molar-refractivity contribution < 1.29 is 29.3 Å². The number of carbonyl (C=O) groups is 3. The second-order valence-corrected chi connectivity index (χ2v) is 18.1. The van der Waals surface area contributed by atoms with Gasteiger partial charge in [-0.05, 0) is 130 Å². The fourth-order valence-electron chi connectivity index (χ4n) is 12.5. The maximum absolute atomic E-state index is 13.1. The minimum Gasteiger partial charge on any atom is -0.481 e. The van der Waals surface area contributed by atoms with E-state index in [0.29, 0.717) is 30.1 Å². The summed E-state index contributed by atoms with van der Waals surface area (Å²) in [6, 6.07) is -0.197. The molecule has 3 N–H and O–H groups in total. The molecule has 250 valence electrons. The summed E-state index contributed by atoms with van der Waals surface area (Å²) >= 11 is 0. The van der Waals surface area contributed by atoms with E-state index >= 15 is 0 Å². The van der Waals surface area contributed by atoms with Crippen molar-refractivity contribution in [1.82, 2.24) is 5.32 Å². The van der Waals surface area contributed by atoms with Gasteiger partial charge in [0.1, 0.15) is 6.10 Å². The van der Waals surface area contributed by atoms with Crippen LogP contribution in [0.5, 0.6) is 0 Å². The van der Waals surface area contributed by atoms with Crippen molar-refractivity contribution >= 4 is 17.8 Å². The topological polar surface area (TPSA) is 113 Å². The predicted octanol–water partition coefficient (Wildman–Crippen LogP) is 7.14. The molecule has 0 heterocycles. The van der Waals surface area contributed by atoms with Gasteiger partial charge in [-0.2, -0.15) is 0 Å². The Kier molecular flexibility index (Phi) is 8.63. The number of rotatable bonds is 8. The number of carboxylic acid groups (broad SMARTS) is 1. The molecular formula is C37H61NO6. The standard InChI is InChI=1S/C37H61NO6/c1-23(22-39)38-29(40)20-37-15-9-10-25(37)24-11-12-27-34(6)16-14-28(44-30(41)21-32(2,3)31(42)43)33(4,5)26(34)13-17-36(27,8)35(24,7)18-19-37/h23-28,39H,9-22H2,1-8H3,(H,38,40)(H,42,43)/t23?,24-,25-,26?,27?,28+,34+,35-,36-,37-/m1/s1. The van der Waals surface area contributed by atoms with E-state index in [1.807, 2.05) is 6.92 Å². The van der Waals surface area contributed by atoms with Crippen LogP contribution < -0.4 is 5.32 Å². The Morgan fingerprint density at radius 1 is 0.864 bits per heavy atom. The average molecular weight is 616 g/mol. The van der Waals surface area contributed by atoms with Gasteiger partial charge in [0.2, 0.25) is 5.91 Å². The molecule has 0 aromatic heterocycles. The zero-order valence-electron chi connectivity index (χ0n) is 28.9. The summed E-state index contributed by atoms with van der Waals surface area (Å²) in [5.74, 6) is 1.04. The summed E-state index contributed by atoms with van der Waals surface area (Å²) in [4.78, 5) is 37.7. The first kappa shape index (κ1) is 33.7. The molecule has 0 radical (unpaired) electrons. The van der Waals surface area contributed by atoms with E-state index in [0.717, 1.165) is 32.1 Å². The fraction of sp³-hybridized carbons (Fsp3) is 0.919. The van der Waals surface area contributed by atoms with Crippen LogP contribution in [-0.4, -0.2) is 46.8 Å². The Bertz CT molecular complexity index is 1150. The van der Waals surface area contributed by atoms with E-state index in [9.17, 15) is 24.6 Å². The SMILES string of the molecule is CC(CO)NC(=O)C[C@]12CCC[C@@H]1[C@H]1CCC3[C@@]4(C)CC[C@H](OC(=O)CC(C)(C)C(=O)O)C(C)(C)C4CC[C@@]3(C)[C@]1(C)CC2. The highest BCUT2D eigenvalue weighted by Gasteiger charge is 2.70. The van der Waals surface area contributed by atoms with E-state index in [1.54, 1.807) is 13.8 Å². The Morgan fingerprint density at radius 2 is 1.57 bits per heavy atom. The number of esters is 1. The molecule has 5 saturated carbocycles. The summed E-state index contributed by atoms with van der Waals surface area (Å²) < 4.78 is 6.13. The Labute approximate surface area is 266 Å². The molecule has 10 atom stereocenters. The molecule has 7 nitrogen and oxygen atoms in total. The number of amides is 1. The van der Waals surface area contributed by atoms with E-state index in [-0.39, 0.29) is 58.2 Å². The van der Waals surface area contributed by atoms with Crippen LogP contribution in [0.15, 0.2) is 0 Å². The molecular weight excluding hydrogens is 554 g/mol. The van der Waals surface area contributed by atoms with Crippen molar-refractivity contribution in [2.24, 2.45) is 56.2 Å². The quantitative estimate of drug-likeness (QED) is 0.250. The number of aliphatic hydroxyl groups is 1. The highest BCUT2D eigenvalue weighted by molar-refractivity contribution is 5.81. The van der Waals surface area contributed by atoms with Gasteiger partial charge in [0, 0.05) is 17.9 Å². The molecule has 7 heteroatoms. The summed E-state index contributed by atoms with van der Waals surface area (Å²) in [6.45, 7) is 17.4. The lowest BCUT2D eigenvalue weighted by Crippen LogP contribution is -2.66. The maximum Gasteiger partial charge on any atom is 0.309 e. The number of hydrogen-bond donors (Lipinski definition) is 3. The summed E-state index contributed by atoms with van der Waals surface area (Å²) in [5, 5.41) is 22.1. The number of fused-ring (bicyclic) bond motifs is 7. The average Bonchev–Trinajstić information content (AvgIpc) is 3.33. The molecule has 0 bridgehead atoms. The largest absolute Gasteiger partial charge is 0.481 e. The lowest BCUT2D eigenvalue weighted by Gasteiger charge is -2.72. The minimum atomic E-state index is -1.14.